The van der Waals surface area contributed by atoms with Gasteiger partial charge in [-0.25, -0.2) is 0 Å². The molecular formula is C22H14ClNO3. The number of pyridine rings is 1. The first-order valence-electron chi connectivity index (χ1n) is 8.30. The lowest BCUT2D eigenvalue weighted by Gasteiger charge is -2.08. The topological polar surface area (TPSA) is 59.2 Å². The van der Waals surface area contributed by atoms with E-state index in [1.807, 2.05) is 6.07 Å². The first kappa shape index (κ1) is 17.1. The normalized spacial score (nSPS) is 10.7. The number of hydrogen-bond donors (Lipinski definition) is 1. The van der Waals surface area contributed by atoms with Gasteiger partial charge in [0.25, 0.3) is 0 Å². The second-order valence-corrected chi connectivity index (χ2v) is 6.43. The van der Waals surface area contributed by atoms with Crippen LogP contribution in [0.15, 0.2) is 83.8 Å². The molecule has 0 aliphatic heterocycles. The third-order valence-electron chi connectivity index (χ3n) is 4.18. The van der Waals surface area contributed by atoms with Crippen LogP contribution in [0.4, 0.5) is 0 Å². The number of aromatic amines is 1. The van der Waals surface area contributed by atoms with Crippen molar-refractivity contribution in [2.75, 3.05) is 0 Å². The number of ether oxygens (including phenoxy) is 1. The monoisotopic (exact) mass is 375 g/mol. The van der Waals surface area contributed by atoms with Gasteiger partial charge < -0.3 is 9.72 Å². The molecule has 0 radical (unpaired) electrons. The maximum atomic E-state index is 12.9. The number of aromatic nitrogens is 1. The Hall–Kier alpha value is -3.37. The predicted octanol–water partition coefficient (Wildman–Crippen LogP) is 5.20. The van der Waals surface area contributed by atoms with Crippen LogP contribution in [0.3, 0.4) is 0 Å². The maximum absolute atomic E-state index is 12.9. The van der Waals surface area contributed by atoms with Gasteiger partial charge in [0.1, 0.15) is 11.5 Å². The number of nitrogens with one attached hydrogen (secondary N) is 1. The van der Waals surface area contributed by atoms with Gasteiger partial charge in [-0.1, -0.05) is 41.9 Å². The van der Waals surface area contributed by atoms with Crippen molar-refractivity contribution >= 4 is 28.3 Å². The van der Waals surface area contributed by atoms with Crippen molar-refractivity contribution in [2.24, 2.45) is 0 Å². The molecule has 4 nitrogen and oxygen atoms in total. The molecule has 0 spiro atoms. The summed E-state index contributed by atoms with van der Waals surface area (Å²) < 4.78 is 5.79. The quantitative estimate of drug-likeness (QED) is 0.498. The molecular weight excluding hydrogens is 362 g/mol. The van der Waals surface area contributed by atoms with Gasteiger partial charge in [0.15, 0.2) is 5.78 Å². The zero-order chi connectivity index (χ0) is 18.8. The van der Waals surface area contributed by atoms with Gasteiger partial charge in [-0.15, -0.1) is 0 Å². The number of rotatable bonds is 4. The molecule has 1 aromatic heterocycles. The Morgan fingerprint density at radius 3 is 2.33 bits per heavy atom. The van der Waals surface area contributed by atoms with Crippen LogP contribution < -0.4 is 10.2 Å². The van der Waals surface area contributed by atoms with E-state index in [0.717, 1.165) is 0 Å². The van der Waals surface area contributed by atoms with Gasteiger partial charge in [-0.2, -0.15) is 0 Å². The molecule has 0 saturated carbocycles. The summed E-state index contributed by atoms with van der Waals surface area (Å²) in [7, 11) is 0. The number of fused-ring (bicyclic) bond motifs is 1. The molecule has 0 aliphatic rings. The first-order valence-corrected chi connectivity index (χ1v) is 8.68. The van der Waals surface area contributed by atoms with E-state index in [4.69, 9.17) is 16.3 Å². The van der Waals surface area contributed by atoms with Crippen LogP contribution in [0.1, 0.15) is 15.9 Å². The molecule has 4 rings (SSSR count). The largest absolute Gasteiger partial charge is 0.457 e. The number of benzene rings is 3. The van der Waals surface area contributed by atoms with Gasteiger partial charge in [0, 0.05) is 27.7 Å². The third-order valence-corrected chi connectivity index (χ3v) is 4.43. The summed E-state index contributed by atoms with van der Waals surface area (Å²) in [5.74, 6) is 0.786. The van der Waals surface area contributed by atoms with E-state index in [-0.39, 0.29) is 16.8 Å². The third kappa shape index (κ3) is 3.48. The van der Waals surface area contributed by atoms with Crippen LogP contribution in [0.2, 0.25) is 5.02 Å². The fourth-order valence-corrected chi connectivity index (χ4v) is 2.94. The summed E-state index contributed by atoms with van der Waals surface area (Å²) >= 11 is 5.88. The van der Waals surface area contributed by atoms with Gasteiger partial charge >= 0.3 is 0 Å². The zero-order valence-corrected chi connectivity index (χ0v) is 14.9. The molecule has 0 atom stereocenters. The Bertz CT molecular complexity index is 1180. The standard InChI is InChI=1S/C22H14ClNO3/c23-15-6-8-16(9-7-15)27-17-10-11-20-18(12-17)22(26)19(13-24-20)21(25)14-4-2-1-3-5-14/h1-13H,(H,24,26). The Morgan fingerprint density at radius 1 is 0.889 bits per heavy atom. The fourth-order valence-electron chi connectivity index (χ4n) is 2.81. The lowest BCUT2D eigenvalue weighted by Crippen LogP contribution is -2.16. The number of ketones is 1. The van der Waals surface area contributed by atoms with Crippen LogP contribution >= 0.6 is 11.6 Å². The predicted molar refractivity (Wildman–Crippen MR) is 106 cm³/mol. The Morgan fingerprint density at radius 2 is 1.59 bits per heavy atom. The molecule has 0 fully saturated rings. The van der Waals surface area contributed by atoms with Crippen LogP contribution in [-0.2, 0) is 0 Å². The molecule has 0 amide bonds. The first-order chi connectivity index (χ1) is 13.1. The highest BCUT2D eigenvalue weighted by Gasteiger charge is 2.15. The fraction of sp³-hybridized carbons (Fsp3) is 0. The minimum Gasteiger partial charge on any atom is -0.457 e. The second kappa shape index (κ2) is 7.09. The van der Waals surface area contributed by atoms with E-state index < -0.39 is 0 Å². The van der Waals surface area contributed by atoms with Gasteiger partial charge in [-0.3, -0.25) is 9.59 Å². The lowest BCUT2D eigenvalue weighted by atomic mass is 10.0. The van der Waals surface area contributed by atoms with Crippen LogP contribution in [0, 0.1) is 0 Å². The molecule has 0 saturated heterocycles. The van der Waals surface area contributed by atoms with E-state index in [1.54, 1.807) is 66.7 Å². The van der Waals surface area contributed by atoms with Crippen LogP contribution in [0.5, 0.6) is 11.5 Å². The second-order valence-electron chi connectivity index (χ2n) is 5.99. The Labute approximate surface area is 160 Å². The van der Waals surface area contributed by atoms with Crippen LogP contribution in [-0.4, -0.2) is 10.8 Å². The van der Waals surface area contributed by atoms with E-state index in [0.29, 0.717) is 33.0 Å². The highest BCUT2D eigenvalue weighted by molar-refractivity contribution is 6.30. The summed E-state index contributed by atoms with van der Waals surface area (Å²) in [6.07, 6.45) is 1.46. The van der Waals surface area contributed by atoms with E-state index in [2.05, 4.69) is 4.98 Å². The van der Waals surface area contributed by atoms with Crippen molar-refractivity contribution in [1.82, 2.24) is 4.98 Å². The van der Waals surface area contributed by atoms with Crippen molar-refractivity contribution < 1.29 is 9.53 Å². The highest BCUT2D eigenvalue weighted by Crippen LogP contribution is 2.25. The van der Waals surface area contributed by atoms with E-state index in [1.165, 1.54) is 6.20 Å². The van der Waals surface area contributed by atoms with Gasteiger partial charge in [-0.05, 0) is 42.5 Å². The van der Waals surface area contributed by atoms with E-state index in [9.17, 15) is 9.59 Å². The van der Waals surface area contributed by atoms with Crippen molar-refractivity contribution in [1.29, 1.82) is 0 Å². The molecule has 5 heteroatoms. The smallest absolute Gasteiger partial charge is 0.200 e. The molecule has 1 N–H and O–H groups in total. The average molecular weight is 376 g/mol. The van der Waals surface area contributed by atoms with Crippen LogP contribution in [0.25, 0.3) is 10.9 Å². The zero-order valence-electron chi connectivity index (χ0n) is 14.1. The molecule has 27 heavy (non-hydrogen) atoms. The molecule has 3 aromatic carbocycles. The summed E-state index contributed by atoms with van der Waals surface area (Å²) in [6.45, 7) is 0. The molecule has 0 aliphatic carbocycles. The number of hydrogen-bond acceptors (Lipinski definition) is 3. The summed E-state index contributed by atoms with van der Waals surface area (Å²) in [6, 6.07) is 20.8. The number of carbonyl (C=O) groups is 1. The van der Waals surface area contributed by atoms with Crippen molar-refractivity contribution in [3.63, 3.8) is 0 Å². The lowest BCUT2D eigenvalue weighted by molar-refractivity contribution is 0.103. The molecule has 1 heterocycles. The SMILES string of the molecule is O=C(c1ccccc1)c1c[nH]c2ccc(Oc3ccc(Cl)cc3)cc2c1=O. The Balaban J connectivity index is 1.74. The highest BCUT2D eigenvalue weighted by atomic mass is 35.5. The van der Waals surface area contributed by atoms with E-state index >= 15 is 0 Å². The van der Waals surface area contributed by atoms with Gasteiger partial charge in [0.2, 0.25) is 5.43 Å². The van der Waals surface area contributed by atoms with Gasteiger partial charge in [0.05, 0.1) is 5.56 Å². The minimum atomic E-state index is -0.334. The van der Waals surface area contributed by atoms with Crippen molar-refractivity contribution in [3.05, 3.63) is 105 Å². The maximum Gasteiger partial charge on any atom is 0.200 e. The average Bonchev–Trinajstić information content (AvgIpc) is 2.71. The summed E-state index contributed by atoms with van der Waals surface area (Å²) in [5.41, 5.74) is 0.862. The molecule has 132 valence electrons. The number of carbonyl (C=O) groups excluding carboxylic acids is 1. The minimum absolute atomic E-state index is 0.0948. The Kier molecular flexibility index (Phi) is 4.48. The molecule has 4 aromatic rings. The number of halogens is 1. The van der Waals surface area contributed by atoms with Crippen molar-refractivity contribution in [2.45, 2.75) is 0 Å². The summed E-state index contributed by atoms with van der Waals surface area (Å²) in [4.78, 5) is 28.5. The van der Waals surface area contributed by atoms with Crippen molar-refractivity contribution in [3.8, 4) is 11.5 Å². The molecule has 0 unspecified atom stereocenters. The number of H-pyrrole nitrogens is 1. The summed E-state index contributed by atoms with van der Waals surface area (Å²) in [5, 5.41) is 1.00. The molecule has 0 bridgehead atoms.